The lowest BCUT2D eigenvalue weighted by Gasteiger charge is -2.02. The van der Waals surface area contributed by atoms with Crippen LogP contribution in [0, 0.1) is 0 Å². The average Bonchev–Trinajstić information content (AvgIpc) is 3.04. The second-order valence-electron chi connectivity index (χ2n) is 4.78. The van der Waals surface area contributed by atoms with Gasteiger partial charge in [-0.1, -0.05) is 29.8 Å². The third-order valence-electron chi connectivity index (χ3n) is 3.49. The lowest BCUT2D eigenvalue weighted by molar-refractivity contribution is -0.110. The number of amides is 1. The highest BCUT2D eigenvalue weighted by atomic mass is 35.5. The molecule has 0 unspecified atom stereocenters. The fraction of sp³-hybridized carbons (Fsp3) is 0.0625. The predicted molar refractivity (Wildman–Crippen MR) is 80.5 cm³/mol. The molecule has 2 aromatic rings. The number of hydrogen-bond donors (Lipinski definition) is 1. The largest absolute Gasteiger partial charge is 0.454 e. The molecular weight excluding hydrogens is 290 g/mol. The van der Waals surface area contributed by atoms with Crippen molar-refractivity contribution in [1.29, 1.82) is 0 Å². The molecule has 2 aliphatic heterocycles. The summed E-state index contributed by atoms with van der Waals surface area (Å²) in [5.74, 6) is 1.21. The minimum atomic E-state index is -0.149. The first-order valence-electron chi connectivity index (χ1n) is 6.44. The minimum absolute atomic E-state index is 0.149. The Kier molecular flexibility index (Phi) is 2.65. The van der Waals surface area contributed by atoms with Gasteiger partial charge in [0.1, 0.15) is 0 Å². The molecule has 4 nitrogen and oxygen atoms in total. The molecule has 4 rings (SSSR count). The SMILES string of the molecule is O=C1Nc2cc(Cl)ccc2/C1=C\c1cccc2c1OCO2. The summed E-state index contributed by atoms with van der Waals surface area (Å²) < 4.78 is 10.8. The lowest BCUT2D eigenvalue weighted by atomic mass is 10.0. The first-order valence-corrected chi connectivity index (χ1v) is 6.82. The summed E-state index contributed by atoms with van der Waals surface area (Å²) in [6.45, 7) is 0.202. The smallest absolute Gasteiger partial charge is 0.256 e. The molecule has 0 radical (unpaired) electrons. The molecule has 0 fully saturated rings. The molecule has 2 heterocycles. The number of para-hydroxylation sites is 1. The van der Waals surface area contributed by atoms with E-state index in [1.54, 1.807) is 12.1 Å². The van der Waals surface area contributed by atoms with Crippen LogP contribution in [0.15, 0.2) is 36.4 Å². The number of ether oxygens (including phenoxy) is 2. The molecule has 0 aliphatic carbocycles. The topological polar surface area (TPSA) is 47.6 Å². The monoisotopic (exact) mass is 299 g/mol. The number of carbonyl (C=O) groups excluding carboxylic acids is 1. The van der Waals surface area contributed by atoms with Crippen LogP contribution in [0.3, 0.4) is 0 Å². The average molecular weight is 300 g/mol. The molecule has 2 aliphatic rings. The Morgan fingerprint density at radius 2 is 2.10 bits per heavy atom. The summed E-state index contributed by atoms with van der Waals surface area (Å²) in [7, 11) is 0. The van der Waals surface area contributed by atoms with Crippen LogP contribution in [0.2, 0.25) is 5.02 Å². The molecule has 21 heavy (non-hydrogen) atoms. The Morgan fingerprint density at radius 3 is 3.00 bits per heavy atom. The summed E-state index contributed by atoms with van der Waals surface area (Å²) in [5, 5.41) is 3.40. The summed E-state index contributed by atoms with van der Waals surface area (Å²) in [5.41, 5.74) is 2.97. The highest BCUT2D eigenvalue weighted by Gasteiger charge is 2.25. The van der Waals surface area contributed by atoms with Crippen LogP contribution >= 0.6 is 11.6 Å². The summed E-state index contributed by atoms with van der Waals surface area (Å²) in [4.78, 5) is 12.2. The van der Waals surface area contributed by atoms with Crippen molar-refractivity contribution in [1.82, 2.24) is 0 Å². The number of hydrogen-bond acceptors (Lipinski definition) is 3. The van der Waals surface area contributed by atoms with Crippen molar-refractivity contribution in [3.63, 3.8) is 0 Å². The Hall–Kier alpha value is -2.46. The maximum absolute atomic E-state index is 12.2. The highest BCUT2D eigenvalue weighted by Crippen LogP contribution is 2.40. The van der Waals surface area contributed by atoms with Gasteiger partial charge in [-0.2, -0.15) is 0 Å². The van der Waals surface area contributed by atoms with Crippen LogP contribution in [-0.4, -0.2) is 12.7 Å². The number of rotatable bonds is 1. The zero-order valence-corrected chi connectivity index (χ0v) is 11.6. The van der Waals surface area contributed by atoms with Crippen LogP contribution in [0.4, 0.5) is 5.69 Å². The molecule has 104 valence electrons. The van der Waals surface area contributed by atoms with Crippen molar-refractivity contribution in [2.45, 2.75) is 0 Å². The van der Waals surface area contributed by atoms with Gasteiger partial charge in [-0.15, -0.1) is 0 Å². The van der Waals surface area contributed by atoms with E-state index in [2.05, 4.69) is 5.32 Å². The van der Waals surface area contributed by atoms with Crippen LogP contribution in [0.5, 0.6) is 11.5 Å². The fourth-order valence-corrected chi connectivity index (χ4v) is 2.70. The van der Waals surface area contributed by atoms with Crippen LogP contribution in [0.25, 0.3) is 11.6 Å². The predicted octanol–water partition coefficient (Wildman–Crippen LogP) is 3.56. The van der Waals surface area contributed by atoms with E-state index in [-0.39, 0.29) is 12.7 Å². The summed E-state index contributed by atoms with van der Waals surface area (Å²) in [6, 6.07) is 10.9. The Balaban J connectivity index is 1.85. The van der Waals surface area contributed by atoms with Gasteiger partial charge in [-0.3, -0.25) is 4.79 Å². The fourth-order valence-electron chi connectivity index (χ4n) is 2.53. The molecule has 0 spiro atoms. The van der Waals surface area contributed by atoms with Crippen LogP contribution in [-0.2, 0) is 4.79 Å². The number of nitrogens with one attached hydrogen (secondary N) is 1. The van der Waals surface area contributed by atoms with Crippen molar-refractivity contribution in [3.05, 3.63) is 52.5 Å². The van der Waals surface area contributed by atoms with Gasteiger partial charge in [-0.05, 0) is 24.3 Å². The summed E-state index contributed by atoms with van der Waals surface area (Å²) in [6.07, 6.45) is 1.81. The normalized spacial score (nSPS) is 17.0. The number of anilines is 1. The number of benzene rings is 2. The molecule has 2 aromatic carbocycles. The first kappa shape index (κ1) is 12.3. The first-order chi connectivity index (χ1) is 10.2. The van der Waals surface area contributed by atoms with Gasteiger partial charge in [0, 0.05) is 21.7 Å². The summed E-state index contributed by atoms with van der Waals surface area (Å²) >= 11 is 5.95. The third kappa shape index (κ3) is 1.96. The molecule has 0 bridgehead atoms. The Morgan fingerprint density at radius 1 is 1.19 bits per heavy atom. The zero-order chi connectivity index (χ0) is 14.4. The molecular formula is C16H10ClNO3. The lowest BCUT2D eigenvalue weighted by Crippen LogP contribution is -2.03. The quantitative estimate of drug-likeness (QED) is 0.819. The standard InChI is InChI=1S/C16H10ClNO3/c17-10-4-5-11-12(16(19)18-13(11)7-10)6-9-2-1-3-14-15(9)21-8-20-14/h1-7H,8H2,(H,18,19)/b12-6+. The molecule has 5 heteroatoms. The zero-order valence-electron chi connectivity index (χ0n) is 10.9. The maximum Gasteiger partial charge on any atom is 0.256 e. The van der Waals surface area contributed by atoms with E-state index in [0.29, 0.717) is 22.1 Å². The molecule has 0 saturated carbocycles. The maximum atomic E-state index is 12.2. The van der Waals surface area contributed by atoms with E-state index in [9.17, 15) is 4.79 Å². The van der Waals surface area contributed by atoms with Gasteiger partial charge >= 0.3 is 0 Å². The van der Waals surface area contributed by atoms with E-state index in [1.807, 2.05) is 30.3 Å². The minimum Gasteiger partial charge on any atom is -0.454 e. The van der Waals surface area contributed by atoms with Gasteiger partial charge in [-0.25, -0.2) is 0 Å². The van der Waals surface area contributed by atoms with Gasteiger partial charge in [0.05, 0.1) is 5.69 Å². The molecule has 0 atom stereocenters. The van der Waals surface area contributed by atoms with Crippen LogP contribution in [0.1, 0.15) is 11.1 Å². The van der Waals surface area contributed by atoms with Gasteiger partial charge < -0.3 is 14.8 Å². The van der Waals surface area contributed by atoms with Crippen molar-refractivity contribution >= 4 is 34.8 Å². The molecule has 0 aromatic heterocycles. The third-order valence-corrected chi connectivity index (χ3v) is 3.73. The second-order valence-corrected chi connectivity index (χ2v) is 5.22. The van der Waals surface area contributed by atoms with Gasteiger partial charge in [0.25, 0.3) is 5.91 Å². The number of carbonyl (C=O) groups is 1. The Bertz CT molecular complexity index is 798. The highest BCUT2D eigenvalue weighted by molar-refractivity contribution is 6.36. The van der Waals surface area contributed by atoms with E-state index >= 15 is 0 Å². The molecule has 1 amide bonds. The van der Waals surface area contributed by atoms with E-state index in [4.69, 9.17) is 21.1 Å². The van der Waals surface area contributed by atoms with E-state index in [1.165, 1.54) is 0 Å². The van der Waals surface area contributed by atoms with Gasteiger partial charge in [0.15, 0.2) is 11.5 Å². The van der Waals surface area contributed by atoms with Crippen molar-refractivity contribution < 1.29 is 14.3 Å². The Labute approximate surface area is 125 Å². The molecule has 0 saturated heterocycles. The van der Waals surface area contributed by atoms with Crippen LogP contribution < -0.4 is 14.8 Å². The van der Waals surface area contributed by atoms with Crippen molar-refractivity contribution in [2.75, 3.05) is 12.1 Å². The van der Waals surface area contributed by atoms with Gasteiger partial charge in [0.2, 0.25) is 6.79 Å². The number of halogens is 1. The van der Waals surface area contributed by atoms with Crippen molar-refractivity contribution in [2.24, 2.45) is 0 Å². The van der Waals surface area contributed by atoms with E-state index < -0.39 is 0 Å². The van der Waals surface area contributed by atoms with E-state index in [0.717, 1.165) is 16.8 Å². The number of fused-ring (bicyclic) bond motifs is 2. The van der Waals surface area contributed by atoms with Crippen molar-refractivity contribution in [3.8, 4) is 11.5 Å². The molecule has 1 N–H and O–H groups in total. The second kappa shape index (κ2) is 4.53.